The van der Waals surface area contributed by atoms with E-state index in [2.05, 4.69) is 0 Å². The summed E-state index contributed by atoms with van der Waals surface area (Å²) < 4.78 is 2.04. The summed E-state index contributed by atoms with van der Waals surface area (Å²) in [5, 5.41) is -0.285. The average molecular weight is 332 g/mol. The van der Waals surface area contributed by atoms with Gasteiger partial charge in [0.05, 0.1) is 18.4 Å². The lowest BCUT2D eigenvalue weighted by Crippen LogP contribution is -1.87. The summed E-state index contributed by atoms with van der Waals surface area (Å²) in [7, 11) is 0. The summed E-state index contributed by atoms with van der Waals surface area (Å²) in [6.45, 7) is 1.95. The average Bonchev–Trinajstić information content (AvgIpc) is 2.70. The van der Waals surface area contributed by atoms with Gasteiger partial charge in [-0.05, 0) is 24.6 Å². The zero-order chi connectivity index (χ0) is 11.9. The molecule has 2 aromatic heterocycles. The Kier molecular flexibility index (Phi) is 4.10. The maximum Gasteiger partial charge on any atom is 0.0994 e. The summed E-state index contributed by atoms with van der Waals surface area (Å²) >= 11 is 27.1. The Morgan fingerprint density at radius 3 is 2.19 bits per heavy atom. The number of alkyl halides is 1. The fourth-order valence-corrected chi connectivity index (χ4v) is 4.52. The van der Waals surface area contributed by atoms with Crippen LogP contribution in [0.3, 0.4) is 0 Å². The van der Waals surface area contributed by atoms with Gasteiger partial charge in [0.1, 0.15) is 0 Å². The molecular formula is C10H6Cl4S2. The minimum atomic E-state index is -0.285. The highest BCUT2D eigenvalue weighted by Crippen LogP contribution is 2.43. The van der Waals surface area contributed by atoms with Gasteiger partial charge in [-0.15, -0.1) is 34.3 Å². The summed E-state index contributed by atoms with van der Waals surface area (Å²) in [4.78, 5) is 0.987. The number of thiophene rings is 2. The van der Waals surface area contributed by atoms with Crippen molar-refractivity contribution < 1.29 is 0 Å². The number of hydrogen-bond donors (Lipinski definition) is 0. The number of halogens is 4. The molecule has 0 N–H and O–H groups in total. The molecule has 0 spiro atoms. The van der Waals surface area contributed by atoms with Crippen molar-refractivity contribution in [2.45, 2.75) is 12.3 Å². The van der Waals surface area contributed by atoms with Crippen LogP contribution in [0.15, 0.2) is 12.1 Å². The van der Waals surface area contributed by atoms with E-state index in [-0.39, 0.29) is 5.38 Å². The van der Waals surface area contributed by atoms with Crippen LogP contribution < -0.4 is 0 Å². The second-order valence-electron chi connectivity index (χ2n) is 3.25. The lowest BCUT2D eigenvalue weighted by Gasteiger charge is -2.04. The first-order valence-electron chi connectivity index (χ1n) is 4.33. The molecule has 0 amide bonds. The first kappa shape index (κ1) is 13.0. The molecule has 2 heterocycles. The predicted octanol–water partition coefficient (Wildman–Crippen LogP) is 6.41. The van der Waals surface area contributed by atoms with E-state index in [9.17, 15) is 0 Å². The Labute approximate surface area is 122 Å². The smallest absolute Gasteiger partial charge is 0.0994 e. The molecule has 0 aromatic carbocycles. The van der Waals surface area contributed by atoms with Gasteiger partial charge in [0.2, 0.25) is 0 Å². The van der Waals surface area contributed by atoms with Crippen LogP contribution in [-0.2, 0) is 0 Å². The monoisotopic (exact) mass is 330 g/mol. The van der Waals surface area contributed by atoms with Crippen molar-refractivity contribution in [2.24, 2.45) is 0 Å². The molecular weight excluding hydrogens is 326 g/mol. The first-order valence-corrected chi connectivity index (χ1v) is 7.54. The Morgan fingerprint density at radius 1 is 1.06 bits per heavy atom. The van der Waals surface area contributed by atoms with Crippen molar-refractivity contribution in [1.29, 1.82) is 0 Å². The molecule has 0 aliphatic heterocycles. The highest BCUT2D eigenvalue weighted by molar-refractivity contribution is 7.20. The van der Waals surface area contributed by atoms with E-state index in [0.717, 1.165) is 20.3 Å². The maximum atomic E-state index is 6.35. The fraction of sp³-hybridized carbons (Fsp3) is 0.200. The Morgan fingerprint density at radius 2 is 1.75 bits per heavy atom. The molecule has 0 fully saturated rings. The van der Waals surface area contributed by atoms with E-state index >= 15 is 0 Å². The molecule has 6 heteroatoms. The van der Waals surface area contributed by atoms with E-state index in [1.54, 1.807) is 6.07 Å². The third kappa shape index (κ3) is 2.53. The second-order valence-corrected chi connectivity index (χ2v) is 7.66. The summed E-state index contributed by atoms with van der Waals surface area (Å²) in [5.74, 6) is 0. The van der Waals surface area contributed by atoms with Crippen LogP contribution in [0.25, 0.3) is 0 Å². The predicted molar refractivity (Wildman–Crippen MR) is 76.1 cm³/mol. The third-order valence-corrected chi connectivity index (χ3v) is 5.82. The zero-order valence-electron chi connectivity index (χ0n) is 8.06. The summed E-state index contributed by atoms with van der Waals surface area (Å²) in [5.41, 5.74) is 1.88. The Bertz CT molecular complexity index is 495. The third-order valence-electron chi connectivity index (χ3n) is 2.08. The van der Waals surface area contributed by atoms with Crippen molar-refractivity contribution in [3.05, 3.63) is 41.1 Å². The van der Waals surface area contributed by atoms with Crippen molar-refractivity contribution in [1.82, 2.24) is 0 Å². The van der Waals surface area contributed by atoms with Crippen LogP contribution in [0.4, 0.5) is 0 Å². The van der Waals surface area contributed by atoms with Gasteiger partial charge in [0.15, 0.2) is 0 Å². The van der Waals surface area contributed by atoms with Crippen LogP contribution in [0, 0.1) is 6.92 Å². The molecule has 0 aliphatic carbocycles. The molecule has 0 saturated carbocycles. The second kappa shape index (κ2) is 5.05. The van der Waals surface area contributed by atoms with E-state index < -0.39 is 0 Å². The van der Waals surface area contributed by atoms with Crippen molar-refractivity contribution in [3.63, 3.8) is 0 Å². The maximum absolute atomic E-state index is 6.35. The van der Waals surface area contributed by atoms with Gasteiger partial charge in [-0.1, -0.05) is 34.8 Å². The van der Waals surface area contributed by atoms with Gasteiger partial charge in [-0.3, -0.25) is 0 Å². The van der Waals surface area contributed by atoms with E-state index in [4.69, 9.17) is 46.4 Å². The van der Waals surface area contributed by atoms with Gasteiger partial charge in [0.25, 0.3) is 0 Å². The first-order chi connectivity index (χ1) is 7.49. The zero-order valence-corrected chi connectivity index (χ0v) is 12.7. The molecule has 16 heavy (non-hydrogen) atoms. The van der Waals surface area contributed by atoms with Crippen LogP contribution in [0.2, 0.25) is 13.0 Å². The van der Waals surface area contributed by atoms with Gasteiger partial charge < -0.3 is 0 Å². The molecule has 0 aliphatic rings. The summed E-state index contributed by atoms with van der Waals surface area (Å²) in [6, 6.07) is 3.78. The van der Waals surface area contributed by atoms with Crippen molar-refractivity contribution >= 4 is 69.1 Å². The summed E-state index contributed by atoms with van der Waals surface area (Å²) in [6.07, 6.45) is 0. The quantitative estimate of drug-likeness (QED) is 0.558. The lowest BCUT2D eigenvalue weighted by molar-refractivity contribution is 1.20. The van der Waals surface area contributed by atoms with Gasteiger partial charge in [-0.2, -0.15) is 0 Å². The van der Waals surface area contributed by atoms with Crippen LogP contribution >= 0.6 is 69.1 Å². The Hall–Kier alpha value is 0.560. The molecule has 1 atom stereocenters. The normalized spacial score (nSPS) is 13.1. The number of hydrogen-bond acceptors (Lipinski definition) is 2. The molecule has 0 bridgehead atoms. The molecule has 0 radical (unpaired) electrons. The van der Waals surface area contributed by atoms with Crippen molar-refractivity contribution in [2.75, 3.05) is 0 Å². The highest BCUT2D eigenvalue weighted by atomic mass is 35.5. The van der Waals surface area contributed by atoms with Gasteiger partial charge in [0, 0.05) is 10.4 Å². The van der Waals surface area contributed by atoms with E-state index in [1.807, 2.05) is 13.0 Å². The van der Waals surface area contributed by atoms with Gasteiger partial charge >= 0.3 is 0 Å². The topological polar surface area (TPSA) is 0 Å². The molecule has 0 nitrogen and oxygen atoms in total. The lowest BCUT2D eigenvalue weighted by atomic mass is 10.2. The van der Waals surface area contributed by atoms with Crippen LogP contribution in [-0.4, -0.2) is 0 Å². The number of rotatable bonds is 2. The standard InChI is InChI=1S/C10H6Cl4S2/c1-4-2-6(15-9(4)13)8(12)5-3-7(11)16-10(5)14/h2-3,8H,1H3. The molecule has 2 rings (SSSR count). The van der Waals surface area contributed by atoms with Crippen LogP contribution in [0.1, 0.15) is 21.4 Å². The van der Waals surface area contributed by atoms with Crippen LogP contribution in [0.5, 0.6) is 0 Å². The Balaban J connectivity index is 2.38. The number of aryl methyl sites for hydroxylation is 1. The largest absolute Gasteiger partial charge is 0.126 e. The van der Waals surface area contributed by atoms with Gasteiger partial charge in [-0.25, -0.2) is 0 Å². The van der Waals surface area contributed by atoms with E-state index in [0.29, 0.717) is 8.67 Å². The van der Waals surface area contributed by atoms with Crippen molar-refractivity contribution in [3.8, 4) is 0 Å². The SMILES string of the molecule is Cc1cc(C(Cl)c2cc(Cl)sc2Cl)sc1Cl. The molecule has 1 unspecified atom stereocenters. The molecule has 0 saturated heterocycles. The van der Waals surface area contributed by atoms with E-state index in [1.165, 1.54) is 22.7 Å². The fourth-order valence-electron chi connectivity index (χ4n) is 1.29. The highest BCUT2D eigenvalue weighted by Gasteiger charge is 2.19. The minimum absolute atomic E-state index is 0.285. The molecule has 2 aromatic rings. The molecule has 86 valence electrons. The minimum Gasteiger partial charge on any atom is -0.126 e.